The topological polar surface area (TPSA) is 76.4 Å². The lowest BCUT2D eigenvalue weighted by molar-refractivity contribution is -0.122. The number of amides is 1. The maximum atomic E-state index is 12.2. The van der Waals surface area contributed by atoms with Gasteiger partial charge in [0.1, 0.15) is 6.07 Å². The van der Waals surface area contributed by atoms with Crippen molar-refractivity contribution >= 4 is 11.6 Å². The van der Waals surface area contributed by atoms with E-state index < -0.39 is 0 Å². The van der Waals surface area contributed by atoms with Crippen molar-refractivity contribution in [1.82, 2.24) is 5.32 Å². The molecule has 0 spiro atoms. The molecule has 0 radical (unpaired) electrons. The fourth-order valence-electron chi connectivity index (χ4n) is 2.13. The lowest BCUT2D eigenvalue weighted by Crippen LogP contribution is -2.55. The zero-order valence-corrected chi connectivity index (χ0v) is 9.97. The standard InChI is InChI=1S/C13H15N3O2/c14-9-10-3-1-2-4-12(10)16-7-6-15-11(5-8-17)13(16)18/h1-4,11,15,17H,5-8H2. The van der Waals surface area contributed by atoms with Crippen molar-refractivity contribution in [3.05, 3.63) is 29.8 Å². The highest BCUT2D eigenvalue weighted by Crippen LogP contribution is 2.22. The molecule has 1 aliphatic heterocycles. The summed E-state index contributed by atoms with van der Waals surface area (Å²) < 4.78 is 0. The number of nitrogens with zero attached hydrogens (tertiary/aromatic N) is 2. The first-order valence-electron chi connectivity index (χ1n) is 5.92. The van der Waals surface area contributed by atoms with Crippen molar-refractivity contribution in [3.8, 4) is 6.07 Å². The third-order valence-electron chi connectivity index (χ3n) is 3.02. The predicted octanol–water partition coefficient (Wildman–Crippen LogP) is 0.245. The first kappa shape index (κ1) is 12.6. The molecule has 0 aliphatic carbocycles. The smallest absolute Gasteiger partial charge is 0.244 e. The van der Waals surface area contributed by atoms with Crippen LogP contribution in [0.5, 0.6) is 0 Å². The second-order valence-electron chi connectivity index (χ2n) is 4.14. The largest absolute Gasteiger partial charge is 0.396 e. The molecule has 1 aromatic carbocycles. The molecule has 2 N–H and O–H groups in total. The fourth-order valence-corrected chi connectivity index (χ4v) is 2.13. The van der Waals surface area contributed by atoms with Crippen LogP contribution in [-0.2, 0) is 4.79 Å². The Morgan fingerprint density at radius 3 is 3.00 bits per heavy atom. The summed E-state index contributed by atoms with van der Waals surface area (Å²) in [5.41, 5.74) is 1.14. The van der Waals surface area contributed by atoms with Gasteiger partial charge in [-0.2, -0.15) is 5.26 Å². The number of piperazine rings is 1. The molecule has 18 heavy (non-hydrogen) atoms. The van der Waals surface area contributed by atoms with Crippen molar-refractivity contribution in [2.24, 2.45) is 0 Å². The summed E-state index contributed by atoms with van der Waals surface area (Å²) in [5.74, 6) is -0.0852. The number of aliphatic hydroxyl groups excluding tert-OH is 1. The molecule has 1 aromatic rings. The minimum atomic E-state index is -0.365. The van der Waals surface area contributed by atoms with E-state index in [-0.39, 0.29) is 18.6 Å². The number of rotatable bonds is 3. The van der Waals surface area contributed by atoms with E-state index in [0.717, 1.165) is 0 Å². The van der Waals surface area contributed by atoms with E-state index in [1.807, 2.05) is 6.07 Å². The van der Waals surface area contributed by atoms with Gasteiger partial charge in [-0.15, -0.1) is 0 Å². The Morgan fingerprint density at radius 1 is 1.50 bits per heavy atom. The summed E-state index contributed by atoms with van der Waals surface area (Å²) in [6.07, 6.45) is 0.393. The molecule has 1 heterocycles. The van der Waals surface area contributed by atoms with E-state index in [2.05, 4.69) is 11.4 Å². The quantitative estimate of drug-likeness (QED) is 0.800. The maximum absolute atomic E-state index is 12.2. The highest BCUT2D eigenvalue weighted by Gasteiger charge is 2.29. The normalized spacial score (nSPS) is 19.7. The first-order valence-corrected chi connectivity index (χ1v) is 5.92. The fraction of sp³-hybridized carbons (Fsp3) is 0.385. The Balaban J connectivity index is 2.27. The third kappa shape index (κ3) is 2.35. The minimum absolute atomic E-state index is 0.0306. The van der Waals surface area contributed by atoms with Crippen LogP contribution in [0.1, 0.15) is 12.0 Å². The van der Waals surface area contributed by atoms with Crippen molar-refractivity contribution in [3.63, 3.8) is 0 Å². The third-order valence-corrected chi connectivity index (χ3v) is 3.02. The highest BCUT2D eigenvalue weighted by molar-refractivity contribution is 5.99. The predicted molar refractivity (Wildman–Crippen MR) is 67.0 cm³/mol. The van der Waals surface area contributed by atoms with Crippen molar-refractivity contribution in [1.29, 1.82) is 5.26 Å². The van der Waals surface area contributed by atoms with Gasteiger partial charge in [0.05, 0.1) is 17.3 Å². The average molecular weight is 245 g/mol. The van der Waals surface area contributed by atoms with Gasteiger partial charge in [-0.3, -0.25) is 4.79 Å². The summed E-state index contributed by atoms with van der Waals surface area (Å²) in [7, 11) is 0. The first-order chi connectivity index (χ1) is 8.77. The molecule has 1 unspecified atom stereocenters. The Morgan fingerprint density at radius 2 is 2.28 bits per heavy atom. The Hall–Kier alpha value is -1.90. The number of carbonyl (C=O) groups is 1. The Bertz CT molecular complexity index is 479. The van der Waals surface area contributed by atoms with Crippen LogP contribution in [0.4, 0.5) is 5.69 Å². The molecule has 0 bridgehead atoms. The molecule has 0 saturated carbocycles. The van der Waals surface area contributed by atoms with E-state index in [9.17, 15) is 4.79 Å². The number of nitriles is 1. The summed E-state index contributed by atoms with van der Waals surface area (Å²) >= 11 is 0. The van der Waals surface area contributed by atoms with Crippen LogP contribution >= 0.6 is 0 Å². The Kier molecular flexibility index (Phi) is 3.92. The van der Waals surface area contributed by atoms with Gasteiger partial charge in [0, 0.05) is 19.7 Å². The molecule has 1 fully saturated rings. The van der Waals surface area contributed by atoms with E-state index in [0.29, 0.717) is 30.8 Å². The molecule has 2 rings (SSSR count). The van der Waals surface area contributed by atoms with Gasteiger partial charge in [0.2, 0.25) is 5.91 Å². The van der Waals surface area contributed by atoms with Crippen LogP contribution in [0.2, 0.25) is 0 Å². The van der Waals surface area contributed by atoms with Crippen molar-refractivity contribution in [2.45, 2.75) is 12.5 Å². The SMILES string of the molecule is N#Cc1ccccc1N1CCNC(CCO)C1=O. The number of hydrogen-bond acceptors (Lipinski definition) is 4. The van der Waals surface area contributed by atoms with Crippen LogP contribution in [0, 0.1) is 11.3 Å². The van der Waals surface area contributed by atoms with Gasteiger partial charge in [-0.05, 0) is 18.6 Å². The molecule has 94 valence electrons. The van der Waals surface area contributed by atoms with E-state index >= 15 is 0 Å². The zero-order valence-electron chi connectivity index (χ0n) is 9.97. The number of nitrogens with one attached hydrogen (secondary N) is 1. The highest BCUT2D eigenvalue weighted by atomic mass is 16.3. The maximum Gasteiger partial charge on any atom is 0.244 e. The average Bonchev–Trinajstić information content (AvgIpc) is 2.41. The summed E-state index contributed by atoms with van der Waals surface area (Å²) in [4.78, 5) is 13.8. The monoisotopic (exact) mass is 245 g/mol. The lowest BCUT2D eigenvalue weighted by Gasteiger charge is -2.33. The summed E-state index contributed by atoms with van der Waals surface area (Å²) in [6.45, 7) is 1.17. The minimum Gasteiger partial charge on any atom is -0.396 e. The number of hydrogen-bond donors (Lipinski definition) is 2. The second kappa shape index (κ2) is 5.63. The van der Waals surface area contributed by atoms with E-state index in [1.165, 1.54) is 0 Å². The van der Waals surface area contributed by atoms with Crippen LogP contribution in [0.25, 0.3) is 0 Å². The van der Waals surface area contributed by atoms with Gasteiger partial charge in [0.15, 0.2) is 0 Å². The van der Waals surface area contributed by atoms with E-state index in [1.54, 1.807) is 23.1 Å². The van der Waals surface area contributed by atoms with Crippen molar-refractivity contribution < 1.29 is 9.90 Å². The number of benzene rings is 1. The number of carbonyl (C=O) groups excluding carboxylic acids is 1. The van der Waals surface area contributed by atoms with Gasteiger partial charge < -0.3 is 15.3 Å². The van der Waals surface area contributed by atoms with Crippen LogP contribution in [0.3, 0.4) is 0 Å². The lowest BCUT2D eigenvalue weighted by atomic mass is 10.1. The van der Waals surface area contributed by atoms with Crippen LogP contribution in [-0.4, -0.2) is 36.8 Å². The van der Waals surface area contributed by atoms with Gasteiger partial charge in [0.25, 0.3) is 0 Å². The molecule has 5 heteroatoms. The number of para-hydroxylation sites is 1. The molecule has 1 atom stereocenters. The molecule has 0 aromatic heterocycles. The second-order valence-corrected chi connectivity index (χ2v) is 4.14. The molecular formula is C13H15N3O2. The molecule has 5 nitrogen and oxygen atoms in total. The van der Waals surface area contributed by atoms with Crippen molar-refractivity contribution in [2.75, 3.05) is 24.6 Å². The molecule has 1 amide bonds. The number of aliphatic hydroxyl groups is 1. The van der Waals surface area contributed by atoms with Crippen LogP contribution < -0.4 is 10.2 Å². The summed E-state index contributed by atoms with van der Waals surface area (Å²) in [5, 5.41) is 21.1. The summed E-state index contributed by atoms with van der Waals surface area (Å²) in [6, 6.07) is 8.80. The zero-order chi connectivity index (χ0) is 13.0. The number of anilines is 1. The van der Waals surface area contributed by atoms with Crippen LogP contribution in [0.15, 0.2) is 24.3 Å². The van der Waals surface area contributed by atoms with Gasteiger partial charge in [-0.1, -0.05) is 12.1 Å². The Labute approximate surface area is 106 Å². The van der Waals surface area contributed by atoms with Gasteiger partial charge in [-0.25, -0.2) is 0 Å². The molecule has 1 aliphatic rings. The van der Waals surface area contributed by atoms with Gasteiger partial charge >= 0.3 is 0 Å². The molecule has 1 saturated heterocycles. The molecular weight excluding hydrogens is 230 g/mol. The van der Waals surface area contributed by atoms with E-state index in [4.69, 9.17) is 10.4 Å².